The monoisotopic (exact) mass is 415 g/mol. The van der Waals surface area contributed by atoms with E-state index in [1.807, 2.05) is 0 Å². The van der Waals surface area contributed by atoms with Gasteiger partial charge in [-0.15, -0.1) is 0 Å². The number of nitrogens with two attached hydrogens (primary N) is 1. The van der Waals surface area contributed by atoms with Crippen molar-refractivity contribution in [2.75, 3.05) is 24.5 Å². The fraction of sp³-hybridized carbons (Fsp3) is 0.529. The fourth-order valence-electron chi connectivity index (χ4n) is 3.38. The van der Waals surface area contributed by atoms with Gasteiger partial charge in [0.05, 0.1) is 5.52 Å². The van der Waals surface area contributed by atoms with Gasteiger partial charge in [-0.1, -0.05) is 0 Å². The molecule has 1 aliphatic heterocycles. The van der Waals surface area contributed by atoms with E-state index in [2.05, 4.69) is 24.3 Å². The summed E-state index contributed by atoms with van der Waals surface area (Å²) in [4.78, 5) is 10.6. The van der Waals surface area contributed by atoms with Gasteiger partial charge in [0.25, 0.3) is 10.2 Å². The molecule has 0 atom stereocenters. The van der Waals surface area contributed by atoms with Crippen molar-refractivity contribution in [3.63, 3.8) is 0 Å². The van der Waals surface area contributed by atoms with Gasteiger partial charge >= 0.3 is 6.11 Å². The van der Waals surface area contributed by atoms with Crippen molar-refractivity contribution in [1.82, 2.24) is 14.7 Å². The molecule has 3 N–H and O–H groups in total. The first kappa shape index (κ1) is 20.6. The summed E-state index contributed by atoms with van der Waals surface area (Å²) in [5, 5.41) is 5.59. The Morgan fingerprint density at radius 2 is 2.04 bits per heavy atom. The van der Waals surface area contributed by atoms with E-state index in [0.717, 1.165) is 25.9 Å². The van der Waals surface area contributed by atoms with Crippen molar-refractivity contribution in [2.45, 2.75) is 32.3 Å². The van der Waals surface area contributed by atoms with Gasteiger partial charge in [-0.3, -0.25) is 0 Å². The predicted molar refractivity (Wildman–Crippen MR) is 101 cm³/mol. The maximum Gasteiger partial charge on any atom is 0.394 e. The van der Waals surface area contributed by atoms with Crippen LogP contribution in [0, 0.1) is 5.92 Å². The molecule has 1 aromatic carbocycles. The molecule has 1 aromatic heterocycles. The van der Waals surface area contributed by atoms with E-state index in [9.17, 15) is 17.2 Å². The lowest BCUT2D eigenvalue weighted by Crippen LogP contribution is -2.37. The molecule has 0 unspecified atom stereocenters. The summed E-state index contributed by atoms with van der Waals surface area (Å²) in [6.45, 7) is 2.45. The SMILES string of the molecule is CC(F)(F)Oc1ccc2ncnc(N3CCC(CCNS(N)(=O)=O)CC3)c2c1. The molecule has 1 fully saturated rings. The molecular weight excluding hydrogens is 392 g/mol. The maximum atomic E-state index is 13.2. The summed E-state index contributed by atoms with van der Waals surface area (Å²) in [7, 11) is -3.66. The standard InChI is InChI=1S/C17H23F2N5O3S/c1-17(18,19)27-13-2-3-15-14(10-13)16(22-11-21-15)24-8-5-12(6-9-24)4-7-23-28(20,25)26/h2-3,10-12,23H,4-9H2,1H3,(H2,20,25,26). The highest BCUT2D eigenvalue weighted by molar-refractivity contribution is 7.87. The third kappa shape index (κ3) is 5.69. The molecule has 0 amide bonds. The maximum absolute atomic E-state index is 13.2. The fourth-order valence-corrected chi connectivity index (χ4v) is 3.79. The highest BCUT2D eigenvalue weighted by atomic mass is 32.2. The van der Waals surface area contributed by atoms with Crippen LogP contribution in [0.1, 0.15) is 26.2 Å². The lowest BCUT2D eigenvalue weighted by atomic mass is 9.93. The highest BCUT2D eigenvalue weighted by Gasteiger charge is 2.25. The van der Waals surface area contributed by atoms with Crippen molar-refractivity contribution in [2.24, 2.45) is 11.1 Å². The van der Waals surface area contributed by atoms with Gasteiger partial charge in [0.1, 0.15) is 17.9 Å². The molecule has 0 bridgehead atoms. The van der Waals surface area contributed by atoms with Crippen LogP contribution in [-0.2, 0) is 10.2 Å². The second-order valence-electron chi connectivity index (χ2n) is 6.94. The number of nitrogens with one attached hydrogen (secondary N) is 1. The average Bonchev–Trinajstić information content (AvgIpc) is 2.59. The minimum Gasteiger partial charge on any atom is -0.433 e. The molecule has 154 valence electrons. The number of aromatic nitrogens is 2. The number of anilines is 1. The van der Waals surface area contributed by atoms with Gasteiger partial charge in [0.2, 0.25) is 0 Å². The number of benzene rings is 1. The van der Waals surface area contributed by atoms with Crippen molar-refractivity contribution >= 4 is 26.9 Å². The Hall–Kier alpha value is -2.11. The van der Waals surface area contributed by atoms with Crippen LogP contribution < -0.4 is 19.5 Å². The quantitative estimate of drug-likeness (QED) is 0.716. The number of hydrogen-bond acceptors (Lipinski definition) is 6. The summed E-state index contributed by atoms with van der Waals surface area (Å²) in [6, 6.07) is 4.62. The average molecular weight is 415 g/mol. The van der Waals surface area contributed by atoms with Crippen LogP contribution in [0.2, 0.25) is 0 Å². The topological polar surface area (TPSA) is 110 Å². The second kappa shape index (κ2) is 8.10. The Balaban J connectivity index is 1.69. The van der Waals surface area contributed by atoms with E-state index >= 15 is 0 Å². The summed E-state index contributed by atoms with van der Waals surface area (Å²) in [5.74, 6) is 1.10. The molecule has 2 aromatic rings. The molecule has 0 saturated carbocycles. The summed E-state index contributed by atoms with van der Waals surface area (Å²) >= 11 is 0. The summed E-state index contributed by atoms with van der Waals surface area (Å²) < 4.78 is 55.2. The smallest absolute Gasteiger partial charge is 0.394 e. The van der Waals surface area contributed by atoms with E-state index in [1.165, 1.54) is 18.5 Å². The Morgan fingerprint density at radius 1 is 1.32 bits per heavy atom. The van der Waals surface area contributed by atoms with E-state index < -0.39 is 16.3 Å². The first-order valence-corrected chi connectivity index (χ1v) is 10.5. The number of alkyl halides is 2. The first-order valence-electron chi connectivity index (χ1n) is 8.95. The third-order valence-electron chi connectivity index (χ3n) is 4.65. The van der Waals surface area contributed by atoms with Crippen LogP contribution in [0.4, 0.5) is 14.6 Å². The highest BCUT2D eigenvalue weighted by Crippen LogP contribution is 2.32. The molecule has 28 heavy (non-hydrogen) atoms. The molecule has 3 rings (SSSR count). The number of fused-ring (bicyclic) bond motifs is 1. The minimum absolute atomic E-state index is 0.0556. The lowest BCUT2D eigenvalue weighted by molar-refractivity contribution is -0.158. The number of nitrogens with zero attached hydrogens (tertiary/aromatic N) is 3. The number of hydrogen-bond donors (Lipinski definition) is 2. The van der Waals surface area contributed by atoms with E-state index in [0.29, 0.717) is 42.5 Å². The van der Waals surface area contributed by atoms with Gasteiger partial charge in [-0.05, 0) is 43.4 Å². The van der Waals surface area contributed by atoms with Crippen LogP contribution in [0.25, 0.3) is 10.9 Å². The minimum atomic E-state index is -3.66. The molecule has 0 aliphatic carbocycles. The van der Waals surface area contributed by atoms with Gasteiger partial charge in [-0.25, -0.2) is 19.8 Å². The zero-order chi connectivity index (χ0) is 20.4. The number of halogens is 2. The zero-order valence-electron chi connectivity index (χ0n) is 15.4. The Bertz CT molecular complexity index is 928. The zero-order valence-corrected chi connectivity index (χ0v) is 16.3. The van der Waals surface area contributed by atoms with Gasteiger partial charge in [0, 0.05) is 31.9 Å². The van der Waals surface area contributed by atoms with Crippen LogP contribution in [0.15, 0.2) is 24.5 Å². The van der Waals surface area contributed by atoms with Gasteiger partial charge in [-0.2, -0.15) is 17.2 Å². The Labute approximate surface area is 162 Å². The molecular formula is C17H23F2N5O3S. The van der Waals surface area contributed by atoms with Crippen molar-refractivity contribution in [1.29, 1.82) is 0 Å². The van der Waals surface area contributed by atoms with E-state index in [4.69, 9.17) is 5.14 Å². The largest absolute Gasteiger partial charge is 0.433 e. The summed E-state index contributed by atoms with van der Waals surface area (Å²) in [6.07, 6.45) is 0.613. The van der Waals surface area contributed by atoms with Crippen LogP contribution >= 0.6 is 0 Å². The molecule has 1 saturated heterocycles. The molecule has 2 heterocycles. The molecule has 0 radical (unpaired) electrons. The van der Waals surface area contributed by atoms with Crippen molar-refractivity contribution < 1.29 is 21.9 Å². The Morgan fingerprint density at radius 3 is 2.68 bits per heavy atom. The second-order valence-corrected chi connectivity index (χ2v) is 8.32. The first-order chi connectivity index (χ1) is 13.1. The van der Waals surface area contributed by atoms with E-state index in [1.54, 1.807) is 6.07 Å². The molecule has 1 aliphatic rings. The van der Waals surface area contributed by atoms with E-state index in [-0.39, 0.29) is 5.75 Å². The predicted octanol–water partition coefficient (Wildman–Crippen LogP) is 2.02. The third-order valence-corrected chi connectivity index (χ3v) is 5.26. The number of rotatable bonds is 7. The number of piperidine rings is 1. The van der Waals surface area contributed by atoms with Gasteiger partial charge < -0.3 is 9.64 Å². The lowest BCUT2D eigenvalue weighted by Gasteiger charge is -2.33. The summed E-state index contributed by atoms with van der Waals surface area (Å²) in [5.41, 5.74) is 0.649. The molecule has 0 spiro atoms. The van der Waals surface area contributed by atoms with Crippen molar-refractivity contribution in [3.8, 4) is 5.75 Å². The van der Waals surface area contributed by atoms with Crippen LogP contribution in [0.3, 0.4) is 0 Å². The number of ether oxygens (including phenoxy) is 1. The normalized spacial score (nSPS) is 16.5. The Kier molecular flexibility index (Phi) is 5.96. The van der Waals surface area contributed by atoms with Crippen molar-refractivity contribution in [3.05, 3.63) is 24.5 Å². The van der Waals surface area contributed by atoms with Crippen LogP contribution in [-0.4, -0.2) is 44.1 Å². The van der Waals surface area contributed by atoms with Crippen LogP contribution in [0.5, 0.6) is 5.75 Å². The molecule has 8 nitrogen and oxygen atoms in total. The molecule has 11 heteroatoms. The van der Waals surface area contributed by atoms with Gasteiger partial charge in [0.15, 0.2) is 0 Å².